The lowest BCUT2D eigenvalue weighted by Crippen LogP contribution is -2.35. The van der Waals surface area contributed by atoms with Gasteiger partial charge in [0.2, 0.25) is 0 Å². The fraction of sp³-hybridized carbons (Fsp3) is 0.125. The highest BCUT2D eigenvalue weighted by atomic mass is 79.9. The molecule has 0 unspecified atom stereocenters. The summed E-state index contributed by atoms with van der Waals surface area (Å²) in [7, 11) is 0. The van der Waals surface area contributed by atoms with Gasteiger partial charge in [-0.3, -0.25) is 4.79 Å². The number of nitrogens with zero attached hydrogens (tertiary/aromatic N) is 1. The van der Waals surface area contributed by atoms with E-state index in [-0.39, 0.29) is 18.3 Å². The Balaban J connectivity index is 1.33. The highest BCUT2D eigenvalue weighted by Crippen LogP contribution is 2.34. The zero-order valence-corrected chi connectivity index (χ0v) is 22.8. The number of ether oxygens (including phenoxy) is 2. The molecule has 1 amide bonds. The number of halogens is 2. The summed E-state index contributed by atoms with van der Waals surface area (Å²) in [5.41, 5.74) is 4.18. The van der Waals surface area contributed by atoms with Gasteiger partial charge in [-0.25, -0.2) is 9.82 Å². The van der Waals surface area contributed by atoms with Crippen molar-refractivity contribution in [2.75, 3.05) is 0 Å². The molecule has 5 rings (SSSR count). The van der Waals surface area contributed by atoms with Crippen LogP contribution in [0.5, 0.6) is 11.5 Å². The number of fused-ring (bicyclic) bond motifs is 2. The van der Waals surface area contributed by atoms with Crippen molar-refractivity contribution in [2.24, 2.45) is 5.10 Å². The van der Waals surface area contributed by atoms with Crippen molar-refractivity contribution < 1.29 is 18.7 Å². The number of carbonyl (C=O) groups is 1. The first-order chi connectivity index (χ1) is 19.0. The molecule has 0 saturated heterocycles. The monoisotopic (exact) mass is 584 g/mol. The first-order valence-electron chi connectivity index (χ1n) is 12.6. The molecule has 0 spiro atoms. The zero-order chi connectivity index (χ0) is 27.2. The Bertz CT molecular complexity index is 1650. The van der Waals surface area contributed by atoms with Crippen LogP contribution in [0.25, 0.3) is 21.5 Å². The van der Waals surface area contributed by atoms with E-state index in [1.807, 2.05) is 79.7 Å². The van der Waals surface area contributed by atoms with E-state index >= 15 is 0 Å². The van der Waals surface area contributed by atoms with Crippen molar-refractivity contribution in [1.82, 2.24) is 5.43 Å². The lowest BCUT2D eigenvalue weighted by molar-refractivity contribution is -0.128. The fourth-order valence-electron chi connectivity index (χ4n) is 4.29. The summed E-state index contributed by atoms with van der Waals surface area (Å²) in [6.45, 7) is 2.15. The Morgan fingerprint density at radius 1 is 0.897 bits per heavy atom. The molecular weight excluding hydrogens is 559 g/mol. The molecule has 5 nitrogen and oxygen atoms in total. The average molecular weight is 585 g/mol. The molecule has 39 heavy (non-hydrogen) atoms. The van der Waals surface area contributed by atoms with Crippen LogP contribution in [-0.4, -0.2) is 18.2 Å². The molecule has 0 saturated carbocycles. The number of rotatable bonds is 9. The molecular formula is C32H26BrFN2O3. The van der Waals surface area contributed by atoms with Gasteiger partial charge in [-0.15, -0.1) is 0 Å². The number of amides is 1. The second-order valence-electron chi connectivity index (χ2n) is 8.96. The molecule has 7 heteroatoms. The number of hydrogen-bond donors (Lipinski definition) is 1. The summed E-state index contributed by atoms with van der Waals surface area (Å²) in [4.78, 5) is 13.0. The highest BCUT2D eigenvalue weighted by molar-refractivity contribution is 9.10. The van der Waals surface area contributed by atoms with Crippen molar-refractivity contribution in [3.8, 4) is 11.5 Å². The lowest BCUT2D eigenvalue weighted by atomic mass is 10.0. The number of benzene rings is 5. The predicted molar refractivity (Wildman–Crippen MR) is 157 cm³/mol. The van der Waals surface area contributed by atoms with Gasteiger partial charge >= 0.3 is 0 Å². The second-order valence-corrected chi connectivity index (χ2v) is 9.75. The Morgan fingerprint density at radius 2 is 1.54 bits per heavy atom. The maximum Gasteiger partial charge on any atom is 0.281 e. The Hall–Kier alpha value is -4.23. The minimum absolute atomic E-state index is 0.262. The van der Waals surface area contributed by atoms with E-state index < -0.39 is 6.10 Å². The number of nitrogens with one attached hydrogen (secondary N) is 1. The van der Waals surface area contributed by atoms with E-state index in [0.29, 0.717) is 17.9 Å². The molecule has 5 aromatic carbocycles. The van der Waals surface area contributed by atoms with Crippen molar-refractivity contribution in [1.29, 1.82) is 0 Å². The smallest absolute Gasteiger partial charge is 0.281 e. The van der Waals surface area contributed by atoms with E-state index in [9.17, 15) is 9.18 Å². The molecule has 1 atom stereocenters. The van der Waals surface area contributed by atoms with E-state index in [1.165, 1.54) is 12.1 Å². The van der Waals surface area contributed by atoms with Crippen LogP contribution in [0, 0.1) is 5.82 Å². The van der Waals surface area contributed by atoms with Crippen LogP contribution >= 0.6 is 15.9 Å². The molecule has 0 bridgehead atoms. The molecule has 0 radical (unpaired) electrons. The van der Waals surface area contributed by atoms with Crippen molar-refractivity contribution >= 4 is 49.6 Å². The maximum absolute atomic E-state index is 13.3. The minimum atomic E-state index is -0.735. The van der Waals surface area contributed by atoms with Crippen molar-refractivity contribution in [3.05, 3.63) is 118 Å². The summed E-state index contributed by atoms with van der Waals surface area (Å²) in [6, 6.07) is 29.6. The van der Waals surface area contributed by atoms with Crippen LogP contribution in [0.2, 0.25) is 0 Å². The zero-order valence-electron chi connectivity index (χ0n) is 21.2. The van der Waals surface area contributed by atoms with Crippen LogP contribution < -0.4 is 14.9 Å². The molecule has 1 N–H and O–H groups in total. The van der Waals surface area contributed by atoms with Gasteiger partial charge in [-0.1, -0.05) is 79.7 Å². The van der Waals surface area contributed by atoms with Gasteiger partial charge in [-0.05, 0) is 73.7 Å². The van der Waals surface area contributed by atoms with Gasteiger partial charge in [0.05, 0.1) is 10.7 Å². The second kappa shape index (κ2) is 12.1. The Kier molecular flexibility index (Phi) is 8.18. The molecule has 0 aliphatic rings. The van der Waals surface area contributed by atoms with E-state index in [0.717, 1.165) is 37.1 Å². The predicted octanol–water partition coefficient (Wildman–Crippen LogP) is 7.78. The first-order valence-corrected chi connectivity index (χ1v) is 13.4. The molecule has 0 aromatic heterocycles. The number of hydrogen-bond acceptors (Lipinski definition) is 4. The summed E-state index contributed by atoms with van der Waals surface area (Å²) >= 11 is 3.62. The van der Waals surface area contributed by atoms with Gasteiger partial charge < -0.3 is 9.47 Å². The number of hydrazone groups is 1. The molecule has 0 fully saturated rings. The molecule has 0 aliphatic heterocycles. The van der Waals surface area contributed by atoms with E-state index in [4.69, 9.17) is 9.47 Å². The Labute approximate surface area is 234 Å². The van der Waals surface area contributed by atoms with Crippen LogP contribution in [-0.2, 0) is 11.4 Å². The summed E-state index contributed by atoms with van der Waals surface area (Å²) in [5, 5.41) is 8.27. The van der Waals surface area contributed by atoms with Crippen LogP contribution in [0.4, 0.5) is 4.39 Å². The third-order valence-electron chi connectivity index (χ3n) is 6.37. The standard InChI is InChI=1S/C32H26BrFN2O3/c1-2-28(39-30-18-14-23-8-4-6-10-26(23)31(30)33)32(37)36-35-19-27-25-9-5-3-7-22(25)13-17-29(27)38-20-21-11-15-24(34)16-12-21/h3-19,28H,2,20H2,1H3,(H,36,37)/b35-19-/t28-/m0/s1. The maximum atomic E-state index is 13.3. The van der Waals surface area contributed by atoms with Gasteiger partial charge in [0.15, 0.2) is 6.10 Å². The molecule has 0 aliphatic carbocycles. The summed E-state index contributed by atoms with van der Waals surface area (Å²) in [5.74, 6) is 0.530. The Morgan fingerprint density at radius 3 is 2.26 bits per heavy atom. The lowest BCUT2D eigenvalue weighted by Gasteiger charge is -2.17. The van der Waals surface area contributed by atoms with Crippen molar-refractivity contribution in [2.45, 2.75) is 26.1 Å². The van der Waals surface area contributed by atoms with Gasteiger partial charge in [0.1, 0.15) is 23.9 Å². The van der Waals surface area contributed by atoms with Gasteiger partial charge in [-0.2, -0.15) is 5.10 Å². The SMILES string of the molecule is CC[C@H](Oc1ccc2ccccc2c1Br)C(=O)N/N=C\c1c(OCc2ccc(F)cc2)ccc2ccccc12. The van der Waals surface area contributed by atoms with Crippen LogP contribution in [0.1, 0.15) is 24.5 Å². The summed E-state index contributed by atoms with van der Waals surface area (Å²) in [6.07, 6.45) is 1.31. The molecule has 0 heterocycles. The third kappa shape index (κ3) is 6.10. The highest BCUT2D eigenvalue weighted by Gasteiger charge is 2.20. The van der Waals surface area contributed by atoms with Crippen LogP contribution in [0.15, 0.2) is 107 Å². The summed E-state index contributed by atoms with van der Waals surface area (Å²) < 4.78 is 26.2. The largest absolute Gasteiger partial charge is 0.488 e. The molecule has 5 aromatic rings. The van der Waals surface area contributed by atoms with Gasteiger partial charge in [0, 0.05) is 5.56 Å². The fourth-order valence-corrected chi connectivity index (χ4v) is 4.88. The third-order valence-corrected chi connectivity index (χ3v) is 7.18. The van der Waals surface area contributed by atoms with Crippen LogP contribution in [0.3, 0.4) is 0 Å². The normalized spacial score (nSPS) is 12.1. The topological polar surface area (TPSA) is 59.9 Å². The first kappa shape index (κ1) is 26.4. The average Bonchev–Trinajstić information content (AvgIpc) is 2.97. The quantitative estimate of drug-likeness (QED) is 0.142. The minimum Gasteiger partial charge on any atom is -0.488 e. The van der Waals surface area contributed by atoms with Gasteiger partial charge in [0.25, 0.3) is 5.91 Å². The van der Waals surface area contributed by atoms with E-state index in [1.54, 1.807) is 18.3 Å². The molecule has 196 valence electrons. The number of carbonyl (C=O) groups excluding carboxylic acids is 1. The van der Waals surface area contributed by atoms with E-state index in [2.05, 4.69) is 26.5 Å². The van der Waals surface area contributed by atoms with Crippen molar-refractivity contribution in [3.63, 3.8) is 0 Å².